The smallest absolute Gasteiger partial charge is 0.306 e. The molecule has 0 spiro atoms. The first-order chi connectivity index (χ1) is 10.1. The van der Waals surface area contributed by atoms with E-state index in [0.717, 1.165) is 38.0 Å². The molecule has 3 heteroatoms. The van der Waals surface area contributed by atoms with Crippen molar-refractivity contribution >= 4 is 5.97 Å². The van der Waals surface area contributed by atoms with Gasteiger partial charge in [-0.2, -0.15) is 0 Å². The molecule has 0 heterocycles. The average molecular weight is 290 g/mol. The summed E-state index contributed by atoms with van der Waals surface area (Å²) in [6.45, 7) is 7.16. The highest BCUT2D eigenvalue weighted by molar-refractivity contribution is 5.73. The molecule has 3 nitrogen and oxygen atoms in total. The van der Waals surface area contributed by atoms with E-state index < -0.39 is 5.97 Å². The van der Waals surface area contributed by atoms with Gasteiger partial charge in [0.1, 0.15) is 5.75 Å². The number of benzene rings is 1. The molecule has 0 bridgehead atoms. The molecule has 116 valence electrons. The van der Waals surface area contributed by atoms with E-state index in [1.165, 1.54) is 11.1 Å². The van der Waals surface area contributed by atoms with Crippen LogP contribution in [-0.4, -0.2) is 17.7 Å². The molecule has 3 atom stereocenters. The van der Waals surface area contributed by atoms with Crippen LogP contribution in [0.2, 0.25) is 0 Å². The van der Waals surface area contributed by atoms with E-state index >= 15 is 0 Å². The molecular formula is C18H26O3. The Hall–Kier alpha value is -1.51. The minimum Gasteiger partial charge on any atom is -0.494 e. The Morgan fingerprint density at radius 2 is 2.19 bits per heavy atom. The summed E-state index contributed by atoms with van der Waals surface area (Å²) in [5, 5.41) is 9.04. The first-order valence-corrected chi connectivity index (χ1v) is 8.02. The first-order valence-electron chi connectivity index (χ1n) is 8.02. The van der Waals surface area contributed by atoms with Crippen molar-refractivity contribution in [3.63, 3.8) is 0 Å². The number of carboxylic acid groups (broad SMARTS) is 1. The number of hydrogen-bond donors (Lipinski definition) is 1. The molecular weight excluding hydrogens is 264 g/mol. The Kier molecular flexibility index (Phi) is 5.27. The van der Waals surface area contributed by atoms with Crippen LogP contribution in [0.4, 0.5) is 0 Å². The van der Waals surface area contributed by atoms with Crippen molar-refractivity contribution in [2.75, 3.05) is 6.61 Å². The number of aryl methyl sites for hydroxylation is 1. The third-order valence-corrected chi connectivity index (χ3v) is 4.47. The third-order valence-electron chi connectivity index (χ3n) is 4.47. The topological polar surface area (TPSA) is 46.5 Å². The van der Waals surface area contributed by atoms with Crippen molar-refractivity contribution < 1.29 is 14.6 Å². The zero-order chi connectivity index (χ0) is 15.4. The highest BCUT2D eigenvalue weighted by Gasteiger charge is 2.43. The monoisotopic (exact) mass is 290 g/mol. The summed E-state index contributed by atoms with van der Waals surface area (Å²) in [7, 11) is 0. The van der Waals surface area contributed by atoms with Crippen molar-refractivity contribution in [3.05, 3.63) is 29.3 Å². The molecule has 2 rings (SSSR count). The van der Waals surface area contributed by atoms with Gasteiger partial charge in [0, 0.05) is 0 Å². The fraction of sp³-hybridized carbons (Fsp3) is 0.611. The number of carbonyl (C=O) groups is 1. The zero-order valence-electron chi connectivity index (χ0n) is 13.3. The lowest BCUT2D eigenvalue weighted by molar-refractivity contribution is -0.138. The Morgan fingerprint density at radius 1 is 1.43 bits per heavy atom. The van der Waals surface area contributed by atoms with Crippen LogP contribution in [0.5, 0.6) is 5.75 Å². The van der Waals surface area contributed by atoms with Crippen LogP contribution in [0.1, 0.15) is 56.6 Å². The summed E-state index contributed by atoms with van der Waals surface area (Å²) in [6.07, 6.45) is 3.90. The number of rotatable bonds is 8. The van der Waals surface area contributed by atoms with Crippen LogP contribution in [0.25, 0.3) is 0 Å². The normalized spacial score (nSPS) is 21.9. The minimum absolute atomic E-state index is 0.105. The van der Waals surface area contributed by atoms with E-state index in [-0.39, 0.29) is 5.92 Å². The fourth-order valence-electron chi connectivity index (χ4n) is 3.11. The molecule has 0 aliphatic heterocycles. The van der Waals surface area contributed by atoms with Crippen LogP contribution in [0.15, 0.2) is 18.2 Å². The molecule has 1 saturated carbocycles. The second kappa shape index (κ2) is 6.97. The fourth-order valence-corrected chi connectivity index (χ4v) is 3.11. The Morgan fingerprint density at radius 3 is 2.71 bits per heavy atom. The van der Waals surface area contributed by atoms with Gasteiger partial charge >= 0.3 is 5.97 Å². The summed E-state index contributed by atoms with van der Waals surface area (Å²) in [5.74, 6) is 1.02. The lowest BCUT2D eigenvalue weighted by Gasteiger charge is -2.18. The number of hydrogen-bond acceptors (Lipinski definition) is 2. The highest BCUT2D eigenvalue weighted by atomic mass is 16.5. The van der Waals surface area contributed by atoms with E-state index in [1.807, 2.05) is 6.07 Å². The van der Waals surface area contributed by atoms with E-state index in [4.69, 9.17) is 9.84 Å². The molecule has 1 aliphatic rings. The lowest BCUT2D eigenvalue weighted by Crippen LogP contribution is -2.05. The first kappa shape index (κ1) is 15.9. The molecule has 1 N–H and O–H groups in total. The maximum Gasteiger partial charge on any atom is 0.306 e. The Labute approximate surface area is 127 Å². The van der Waals surface area contributed by atoms with E-state index in [1.54, 1.807) is 0 Å². The van der Waals surface area contributed by atoms with Gasteiger partial charge < -0.3 is 9.84 Å². The average Bonchev–Trinajstić information content (AvgIpc) is 3.22. The van der Waals surface area contributed by atoms with Gasteiger partial charge in [0.05, 0.1) is 12.5 Å². The van der Waals surface area contributed by atoms with Crippen molar-refractivity contribution in [2.45, 2.75) is 52.4 Å². The lowest BCUT2D eigenvalue weighted by atomic mass is 9.88. The van der Waals surface area contributed by atoms with Gasteiger partial charge in [0.25, 0.3) is 0 Å². The van der Waals surface area contributed by atoms with Gasteiger partial charge in [-0.25, -0.2) is 0 Å². The summed E-state index contributed by atoms with van der Waals surface area (Å²) >= 11 is 0. The summed E-state index contributed by atoms with van der Waals surface area (Å²) < 4.78 is 5.67. The molecule has 0 amide bonds. The molecule has 3 unspecified atom stereocenters. The Bertz CT molecular complexity index is 495. The molecule has 0 radical (unpaired) electrons. The zero-order valence-corrected chi connectivity index (χ0v) is 13.3. The van der Waals surface area contributed by atoms with Crippen LogP contribution in [0.3, 0.4) is 0 Å². The summed E-state index contributed by atoms with van der Waals surface area (Å²) in [5.41, 5.74) is 2.60. The van der Waals surface area contributed by atoms with Crippen molar-refractivity contribution in [2.24, 2.45) is 11.8 Å². The molecule has 1 aromatic rings. The van der Waals surface area contributed by atoms with Crippen molar-refractivity contribution in [1.29, 1.82) is 0 Å². The van der Waals surface area contributed by atoms with E-state index in [2.05, 4.69) is 32.9 Å². The van der Waals surface area contributed by atoms with Gasteiger partial charge in [-0.1, -0.05) is 19.9 Å². The van der Waals surface area contributed by atoms with E-state index in [0.29, 0.717) is 11.8 Å². The second-order valence-corrected chi connectivity index (χ2v) is 6.15. The Balaban J connectivity index is 2.03. The maximum absolute atomic E-state index is 11.0. The number of ether oxygens (including phenoxy) is 1. The standard InChI is InChI=1S/C18H26O3/c1-4-8-21-15-6-7-16(12(3)9-15)13(5-2)10-14-11-17(14)18(19)20/h6-7,9,13-14,17H,4-5,8,10-11H2,1-3H3,(H,19,20). The number of carboxylic acids is 1. The summed E-state index contributed by atoms with van der Waals surface area (Å²) in [6, 6.07) is 6.31. The molecule has 1 fully saturated rings. The third kappa shape index (κ3) is 3.99. The molecule has 0 aromatic heterocycles. The second-order valence-electron chi connectivity index (χ2n) is 6.15. The van der Waals surface area contributed by atoms with Crippen LogP contribution in [-0.2, 0) is 4.79 Å². The van der Waals surface area contributed by atoms with Gasteiger partial charge in [0.2, 0.25) is 0 Å². The molecule has 1 aromatic carbocycles. The van der Waals surface area contributed by atoms with Gasteiger partial charge in [0.15, 0.2) is 0 Å². The van der Waals surface area contributed by atoms with Crippen LogP contribution < -0.4 is 4.74 Å². The molecule has 0 saturated heterocycles. The largest absolute Gasteiger partial charge is 0.494 e. The predicted molar refractivity (Wildman–Crippen MR) is 83.8 cm³/mol. The van der Waals surface area contributed by atoms with Crippen molar-refractivity contribution in [3.8, 4) is 5.75 Å². The quantitative estimate of drug-likeness (QED) is 0.772. The SMILES string of the molecule is CCCOc1ccc(C(CC)CC2CC2C(=O)O)c(C)c1. The van der Waals surface area contributed by atoms with Crippen LogP contribution in [0, 0.1) is 18.8 Å². The summed E-state index contributed by atoms with van der Waals surface area (Å²) in [4.78, 5) is 11.0. The van der Waals surface area contributed by atoms with Crippen molar-refractivity contribution in [1.82, 2.24) is 0 Å². The minimum atomic E-state index is -0.630. The van der Waals surface area contributed by atoms with Crippen LogP contribution >= 0.6 is 0 Å². The van der Waals surface area contributed by atoms with Gasteiger partial charge in [-0.05, 0) is 67.7 Å². The van der Waals surface area contributed by atoms with Gasteiger partial charge in [-0.3, -0.25) is 4.79 Å². The molecule has 1 aliphatic carbocycles. The number of aliphatic carboxylic acids is 1. The van der Waals surface area contributed by atoms with E-state index in [9.17, 15) is 4.79 Å². The van der Waals surface area contributed by atoms with Gasteiger partial charge in [-0.15, -0.1) is 0 Å². The predicted octanol–water partition coefficient (Wildman–Crippen LogP) is 4.39. The highest BCUT2D eigenvalue weighted by Crippen LogP contribution is 2.46. The maximum atomic E-state index is 11.0. The molecule has 21 heavy (non-hydrogen) atoms.